The third-order valence-electron chi connectivity index (χ3n) is 7.37. The van der Waals surface area contributed by atoms with Crippen LogP contribution in [0.25, 0.3) is 0 Å². The van der Waals surface area contributed by atoms with Crippen LogP contribution in [0.15, 0.2) is 83.8 Å². The van der Waals surface area contributed by atoms with Crippen LogP contribution < -0.4 is 16.0 Å². The van der Waals surface area contributed by atoms with Crippen LogP contribution in [0.2, 0.25) is 0 Å². The quantitative estimate of drug-likeness (QED) is 0.0728. The predicted octanol–water partition coefficient (Wildman–Crippen LogP) is 8.14. The molecule has 1 aliphatic carbocycles. The number of ether oxygens (including phenoxy) is 1. The van der Waals surface area contributed by atoms with Gasteiger partial charge in [0.1, 0.15) is 10.3 Å². The Bertz CT molecular complexity index is 1690. The maximum Gasteiger partial charge on any atom is 0.341 e. The highest BCUT2D eigenvalue weighted by atomic mass is 32.2. The van der Waals surface area contributed by atoms with E-state index in [4.69, 9.17) is 17.0 Å². The number of amides is 1. The zero-order chi connectivity index (χ0) is 31.2. The van der Waals surface area contributed by atoms with Crippen molar-refractivity contribution in [1.82, 2.24) is 0 Å². The normalized spacial score (nSPS) is 14.6. The lowest BCUT2D eigenvalue weighted by molar-refractivity contribution is -0.115. The van der Waals surface area contributed by atoms with E-state index in [1.807, 2.05) is 54.6 Å². The van der Waals surface area contributed by atoms with Gasteiger partial charge in [-0.3, -0.25) is 9.59 Å². The molecular weight excluding hydrogens is 611 g/mol. The van der Waals surface area contributed by atoms with E-state index in [1.54, 1.807) is 24.3 Å². The minimum atomic E-state index is -0.583. The van der Waals surface area contributed by atoms with Gasteiger partial charge in [-0.05, 0) is 97.9 Å². The first-order chi connectivity index (χ1) is 21.2. The molecule has 3 aromatic carbocycles. The summed E-state index contributed by atoms with van der Waals surface area (Å²) in [7, 11) is 1.37. The molecule has 44 heavy (non-hydrogen) atoms. The number of nitrogens with one attached hydrogen (secondary N) is 3. The number of ketones is 1. The van der Waals surface area contributed by atoms with Crippen molar-refractivity contribution >= 4 is 74.5 Å². The first kappa shape index (κ1) is 31.4. The molecule has 4 aromatic rings. The predicted molar refractivity (Wildman–Crippen MR) is 183 cm³/mol. The zero-order valence-corrected chi connectivity index (χ0v) is 27.1. The second-order valence-corrected chi connectivity index (χ2v) is 13.4. The maximum absolute atomic E-state index is 13.9. The van der Waals surface area contributed by atoms with Gasteiger partial charge in [0.05, 0.1) is 12.7 Å². The van der Waals surface area contributed by atoms with Crippen molar-refractivity contribution < 1.29 is 19.1 Å². The van der Waals surface area contributed by atoms with Gasteiger partial charge >= 0.3 is 5.97 Å². The van der Waals surface area contributed by atoms with E-state index < -0.39 is 11.2 Å². The Labute approximate surface area is 270 Å². The fourth-order valence-electron chi connectivity index (χ4n) is 5.10. The van der Waals surface area contributed by atoms with Gasteiger partial charge < -0.3 is 20.7 Å². The fourth-order valence-corrected chi connectivity index (χ4v) is 7.82. The van der Waals surface area contributed by atoms with Crippen LogP contribution >= 0.6 is 35.3 Å². The van der Waals surface area contributed by atoms with E-state index in [2.05, 4.69) is 22.9 Å². The number of anilines is 3. The second kappa shape index (κ2) is 14.2. The van der Waals surface area contributed by atoms with Gasteiger partial charge in [-0.1, -0.05) is 43.3 Å². The second-order valence-electron chi connectivity index (χ2n) is 10.7. The third-order valence-corrected chi connectivity index (χ3v) is 10.00. The van der Waals surface area contributed by atoms with Gasteiger partial charge in [0.25, 0.3) is 0 Å². The van der Waals surface area contributed by atoms with Crippen LogP contribution in [0.4, 0.5) is 16.4 Å². The number of carbonyl (C=O) groups is 3. The van der Waals surface area contributed by atoms with Crippen molar-refractivity contribution in [2.75, 3.05) is 23.1 Å². The third kappa shape index (κ3) is 7.56. The number of thiophene rings is 1. The Kier molecular flexibility index (Phi) is 10.1. The minimum Gasteiger partial charge on any atom is -0.465 e. The van der Waals surface area contributed by atoms with Crippen LogP contribution in [0, 0.1) is 5.92 Å². The molecule has 2 unspecified atom stereocenters. The van der Waals surface area contributed by atoms with E-state index in [0.717, 1.165) is 51.5 Å². The number of thiocarbonyl (C=S) groups is 1. The Balaban J connectivity index is 1.34. The summed E-state index contributed by atoms with van der Waals surface area (Å²) in [6.45, 7) is 3.74. The number of benzene rings is 3. The summed E-state index contributed by atoms with van der Waals surface area (Å²) in [4.78, 5) is 40.3. The molecule has 1 aromatic heterocycles. The molecule has 0 fully saturated rings. The van der Waals surface area contributed by atoms with Crippen molar-refractivity contribution in [2.45, 2.75) is 43.3 Å². The standard InChI is InChI=1S/C34H33N3O4S3/c1-20-12-17-27-28(18-20)44-32(29(27)33(40)41-3)37-31(39)30(23-8-5-4-6-9-23)43-26-11-7-10-25(19-26)36-34(42)35-24-15-13-22(14-16-24)21(2)38/h4-11,13-16,19-20,30H,12,17-18H2,1-3H3,(H,37,39)(H2,35,36,42). The first-order valence-electron chi connectivity index (χ1n) is 14.3. The molecular formula is C34H33N3O4S3. The van der Waals surface area contributed by atoms with Crippen molar-refractivity contribution in [3.63, 3.8) is 0 Å². The molecule has 5 rings (SSSR count). The summed E-state index contributed by atoms with van der Waals surface area (Å²) in [5, 5.41) is 9.78. The summed E-state index contributed by atoms with van der Waals surface area (Å²) in [6, 6.07) is 24.4. The van der Waals surface area contributed by atoms with Crippen LogP contribution in [0.3, 0.4) is 0 Å². The van der Waals surface area contributed by atoms with E-state index in [9.17, 15) is 14.4 Å². The largest absolute Gasteiger partial charge is 0.465 e. The van der Waals surface area contributed by atoms with Crippen LogP contribution in [-0.2, 0) is 22.4 Å². The molecule has 0 spiro atoms. The van der Waals surface area contributed by atoms with Crippen molar-refractivity contribution in [3.8, 4) is 0 Å². The molecule has 0 saturated carbocycles. The van der Waals surface area contributed by atoms with E-state index in [1.165, 1.54) is 37.1 Å². The molecule has 226 valence electrons. The number of fused-ring (bicyclic) bond motifs is 1. The molecule has 1 aliphatic rings. The van der Waals surface area contributed by atoms with E-state index in [-0.39, 0.29) is 11.7 Å². The van der Waals surface area contributed by atoms with Crippen LogP contribution in [0.5, 0.6) is 0 Å². The minimum absolute atomic E-state index is 0.00195. The summed E-state index contributed by atoms with van der Waals surface area (Å²) >= 11 is 8.41. The number of esters is 1. The molecule has 3 N–H and O–H groups in total. The van der Waals surface area contributed by atoms with Gasteiger partial charge in [0.2, 0.25) is 5.91 Å². The Morgan fingerprint density at radius 3 is 2.39 bits per heavy atom. The lowest BCUT2D eigenvalue weighted by atomic mass is 9.88. The monoisotopic (exact) mass is 643 g/mol. The van der Waals surface area contributed by atoms with Crippen LogP contribution in [0.1, 0.15) is 62.2 Å². The zero-order valence-electron chi connectivity index (χ0n) is 24.6. The summed E-state index contributed by atoms with van der Waals surface area (Å²) in [5.74, 6) is -0.113. The van der Waals surface area contributed by atoms with Gasteiger partial charge in [-0.25, -0.2) is 4.79 Å². The molecule has 0 radical (unpaired) electrons. The number of Topliss-reactive ketones (excluding diaryl/α,β-unsaturated/α-hetero) is 1. The van der Waals surface area contributed by atoms with Gasteiger partial charge in [0.15, 0.2) is 10.9 Å². The first-order valence-corrected chi connectivity index (χ1v) is 16.4. The molecule has 7 nitrogen and oxygen atoms in total. The van der Waals surface area contributed by atoms with Crippen molar-refractivity contribution in [2.24, 2.45) is 5.92 Å². The average molecular weight is 644 g/mol. The summed E-state index contributed by atoms with van der Waals surface area (Å²) in [6.07, 6.45) is 2.68. The Morgan fingerprint density at radius 2 is 1.68 bits per heavy atom. The van der Waals surface area contributed by atoms with E-state index >= 15 is 0 Å². The average Bonchev–Trinajstić information content (AvgIpc) is 3.36. The highest BCUT2D eigenvalue weighted by Crippen LogP contribution is 2.42. The highest BCUT2D eigenvalue weighted by molar-refractivity contribution is 8.00. The lowest BCUT2D eigenvalue weighted by Gasteiger charge is -2.18. The Hall–Kier alpha value is -3.99. The molecule has 1 heterocycles. The molecule has 0 aliphatic heterocycles. The molecule has 0 bridgehead atoms. The van der Waals surface area contributed by atoms with Crippen molar-refractivity contribution in [3.05, 3.63) is 106 Å². The molecule has 10 heteroatoms. The summed E-state index contributed by atoms with van der Waals surface area (Å²) < 4.78 is 5.12. The fraction of sp³-hybridized carbons (Fsp3) is 0.235. The maximum atomic E-state index is 13.9. The topological polar surface area (TPSA) is 96.5 Å². The molecule has 0 saturated heterocycles. The molecule has 1 amide bonds. The van der Waals surface area contributed by atoms with Crippen LogP contribution in [-0.4, -0.2) is 29.9 Å². The Morgan fingerprint density at radius 1 is 0.955 bits per heavy atom. The number of methoxy groups -OCH3 is 1. The number of thioether (sulfide) groups is 1. The highest BCUT2D eigenvalue weighted by Gasteiger charge is 2.31. The SMILES string of the molecule is COC(=O)c1c(NC(=O)C(Sc2cccc(NC(=S)Nc3ccc(C(C)=O)cc3)c2)c2ccccc2)sc2c1CCC(C)C2. The number of rotatable bonds is 9. The van der Waals surface area contributed by atoms with E-state index in [0.29, 0.717) is 27.2 Å². The number of carbonyl (C=O) groups excluding carboxylic acids is 3. The number of hydrogen-bond donors (Lipinski definition) is 3. The molecule has 2 atom stereocenters. The van der Waals surface area contributed by atoms with Crippen molar-refractivity contribution in [1.29, 1.82) is 0 Å². The van der Waals surface area contributed by atoms with Gasteiger partial charge in [-0.15, -0.1) is 23.1 Å². The number of hydrogen-bond acceptors (Lipinski definition) is 7. The van der Waals surface area contributed by atoms with Gasteiger partial charge in [0, 0.05) is 26.7 Å². The smallest absolute Gasteiger partial charge is 0.341 e. The lowest BCUT2D eigenvalue weighted by Crippen LogP contribution is -2.20. The van der Waals surface area contributed by atoms with Gasteiger partial charge in [-0.2, -0.15) is 0 Å². The summed E-state index contributed by atoms with van der Waals surface area (Å²) in [5.41, 5.74) is 4.47.